The number of carboxylic acids is 1. The van der Waals surface area contributed by atoms with E-state index in [1.165, 1.54) is 0 Å². The summed E-state index contributed by atoms with van der Waals surface area (Å²) < 4.78 is 4.80. The van der Waals surface area contributed by atoms with Gasteiger partial charge in [0.15, 0.2) is 0 Å². The SMILES string of the molecule is Cc1nsc(Nc2ccc(Cl)cc2Br)c1C(=O)O. The standard InChI is InChI=1S/C11H8BrClN2O2S/c1-5-9(11(16)17)10(18-15-5)14-8-3-2-6(13)4-7(8)12/h2-4,14H,1H3,(H,16,17). The molecular weight excluding hydrogens is 340 g/mol. The monoisotopic (exact) mass is 346 g/mol. The molecule has 0 radical (unpaired) electrons. The van der Waals surface area contributed by atoms with E-state index < -0.39 is 5.97 Å². The number of carbonyl (C=O) groups is 1. The predicted molar refractivity (Wildman–Crippen MR) is 76.2 cm³/mol. The van der Waals surface area contributed by atoms with Crippen LogP contribution in [-0.4, -0.2) is 15.4 Å². The van der Waals surface area contributed by atoms with Gasteiger partial charge in [-0.25, -0.2) is 4.79 Å². The fraction of sp³-hybridized carbons (Fsp3) is 0.0909. The molecule has 1 aromatic carbocycles. The summed E-state index contributed by atoms with van der Waals surface area (Å²) in [7, 11) is 0. The van der Waals surface area contributed by atoms with Crippen LogP contribution in [0.15, 0.2) is 22.7 Å². The fourth-order valence-corrected chi connectivity index (χ4v) is 3.00. The summed E-state index contributed by atoms with van der Waals surface area (Å²) in [6.45, 7) is 1.67. The van der Waals surface area contributed by atoms with Gasteiger partial charge in [-0.3, -0.25) is 0 Å². The number of halogens is 2. The van der Waals surface area contributed by atoms with Gasteiger partial charge in [-0.15, -0.1) is 0 Å². The molecule has 7 heteroatoms. The van der Waals surface area contributed by atoms with Gasteiger partial charge in [0, 0.05) is 9.50 Å². The number of hydrogen-bond acceptors (Lipinski definition) is 4. The molecule has 2 aromatic rings. The Balaban J connectivity index is 2.37. The van der Waals surface area contributed by atoms with Crippen molar-refractivity contribution in [3.05, 3.63) is 39.0 Å². The van der Waals surface area contributed by atoms with Gasteiger partial charge in [-0.1, -0.05) is 11.6 Å². The number of carboxylic acid groups (broad SMARTS) is 1. The quantitative estimate of drug-likeness (QED) is 0.868. The van der Waals surface area contributed by atoms with Crippen molar-refractivity contribution in [2.24, 2.45) is 0 Å². The second kappa shape index (κ2) is 5.26. The van der Waals surface area contributed by atoms with Crippen molar-refractivity contribution in [2.45, 2.75) is 6.92 Å². The Morgan fingerprint density at radius 3 is 2.89 bits per heavy atom. The third-order valence-corrected chi connectivity index (χ3v) is 4.00. The number of nitrogens with zero attached hydrogens (tertiary/aromatic N) is 1. The molecule has 0 fully saturated rings. The Labute approximate surface area is 121 Å². The van der Waals surface area contributed by atoms with Crippen LogP contribution < -0.4 is 5.32 Å². The smallest absolute Gasteiger partial charge is 0.340 e. The Morgan fingerprint density at radius 2 is 2.28 bits per heavy atom. The summed E-state index contributed by atoms with van der Waals surface area (Å²) in [5, 5.41) is 13.3. The molecule has 0 aliphatic carbocycles. The van der Waals surface area contributed by atoms with Crippen LogP contribution in [0.5, 0.6) is 0 Å². The van der Waals surface area contributed by atoms with E-state index in [-0.39, 0.29) is 5.56 Å². The summed E-state index contributed by atoms with van der Waals surface area (Å²) in [5.41, 5.74) is 1.44. The lowest BCUT2D eigenvalue weighted by atomic mass is 10.2. The average Bonchev–Trinajstić information content (AvgIpc) is 2.64. The molecule has 94 valence electrons. The van der Waals surface area contributed by atoms with Crippen molar-refractivity contribution in [1.29, 1.82) is 0 Å². The van der Waals surface area contributed by atoms with E-state index in [0.29, 0.717) is 15.7 Å². The van der Waals surface area contributed by atoms with Crippen molar-refractivity contribution < 1.29 is 9.90 Å². The maximum absolute atomic E-state index is 11.1. The molecule has 0 spiro atoms. The maximum atomic E-state index is 11.1. The lowest BCUT2D eigenvalue weighted by molar-refractivity contribution is 0.0697. The van der Waals surface area contributed by atoms with E-state index in [9.17, 15) is 4.79 Å². The Bertz CT molecular complexity index is 615. The first-order valence-corrected chi connectivity index (χ1v) is 6.85. The van der Waals surface area contributed by atoms with E-state index in [2.05, 4.69) is 25.6 Å². The number of anilines is 2. The highest BCUT2D eigenvalue weighted by atomic mass is 79.9. The Kier molecular flexibility index (Phi) is 3.89. The summed E-state index contributed by atoms with van der Waals surface area (Å²) in [4.78, 5) is 11.1. The number of rotatable bonds is 3. The average molecular weight is 348 g/mol. The van der Waals surface area contributed by atoms with E-state index in [0.717, 1.165) is 21.7 Å². The molecule has 0 aliphatic heterocycles. The van der Waals surface area contributed by atoms with Gasteiger partial charge in [0.25, 0.3) is 0 Å². The van der Waals surface area contributed by atoms with Crippen LogP contribution >= 0.6 is 39.1 Å². The lowest BCUT2D eigenvalue weighted by Crippen LogP contribution is -2.01. The maximum Gasteiger partial charge on any atom is 0.340 e. The molecule has 0 amide bonds. The van der Waals surface area contributed by atoms with Crippen LogP contribution in [0, 0.1) is 6.92 Å². The van der Waals surface area contributed by atoms with Crippen LogP contribution in [0.3, 0.4) is 0 Å². The summed E-state index contributed by atoms with van der Waals surface area (Å²) in [6.07, 6.45) is 0. The molecule has 0 saturated heterocycles. The van der Waals surface area contributed by atoms with Gasteiger partial charge < -0.3 is 10.4 Å². The third-order valence-electron chi connectivity index (χ3n) is 2.26. The minimum absolute atomic E-state index is 0.196. The van der Waals surface area contributed by atoms with Crippen molar-refractivity contribution in [3.63, 3.8) is 0 Å². The minimum Gasteiger partial charge on any atom is -0.478 e. The van der Waals surface area contributed by atoms with E-state index in [1.54, 1.807) is 25.1 Å². The number of aromatic nitrogens is 1. The first-order valence-electron chi connectivity index (χ1n) is 4.90. The number of hydrogen-bond donors (Lipinski definition) is 2. The van der Waals surface area contributed by atoms with Crippen molar-refractivity contribution in [1.82, 2.24) is 4.37 Å². The second-order valence-corrected chi connectivity index (χ2v) is 5.59. The molecule has 4 nitrogen and oxygen atoms in total. The molecule has 0 saturated carbocycles. The van der Waals surface area contributed by atoms with Gasteiger partial charge >= 0.3 is 5.97 Å². The molecule has 1 aromatic heterocycles. The first-order chi connectivity index (χ1) is 8.49. The van der Waals surface area contributed by atoms with Crippen molar-refractivity contribution in [2.75, 3.05) is 5.32 Å². The summed E-state index contributed by atoms with van der Waals surface area (Å²) >= 11 is 10.3. The van der Waals surface area contributed by atoms with Crippen LogP contribution in [0.1, 0.15) is 16.1 Å². The minimum atomic E-state index is -0.992. The number of aryl methyl sites for hydroxylation is 1. The van der Waals surface area contributed by atoms with Gasteiger partial charge in [0.1, 0.15) is 10.6 Å². The zero-order valence-electron chi connectivity index (χ0n) is 9.20. The summed E-state index contributed by atoms with van der Waals surface area (Å²) in [6, 6.07) is 5.23. The number of aromatic carboxylic acids is 1. The Morgan fingerprint density at radius 1 is 1.56 bits per heavy atom. The third kappa shape index (κ3) is 2.66. The fourth-order valence-electron chi connectivity index (χ4n) is 1.42. The van der Waals surface area contributed by atoms with Gasteiger partial charge in [-0.2, -0.15) is 4.37 Å². The first kappa shape index (κ1) is 13.3. The van der Waals surface area contributed by atoms with Gasteiger partial charge in [0.05, 0.1) is 11.4 Å². The van der Waals surface area contributed by atoms with E-state index >= 15 is 0 Å². The number of nitrogens with one attached hydrogen (secondary N) is 1. The zero-order chi connectivity index (χ0) is 13.3. The highest BCUT2D eigenvalue weighted by molar-refractivity contribution is 9.10. The zero-order valence-corrected chi connectivity index (χ0v) is 12.4. The highest BCUT2D eigenvalue weighted by Crippen LogP contribution is 2.32. The predicted octanol–water partition coefficient (Wildman–Crippen LogP) is 4.31. The normalized spacial score (nSPS) is 10.4. The largest absolute Gasteiger partial charge is 0.478 e. The molecule has 0 atom stereocenters. The van der Waals surface area contributed by atoms with E-state index in [4.69, 9.17) is 16.7 Å². The second-order valence-electron chi connectivity index (χ2n) is 3.53. The van der Waals surface area contributed by atoms with Gasteiger partial charge in [0.2, 0.25) is 0 Å². The molecule has 1 heterocycles. The van der Waals surface area contributed by atoms with Crippen LogP contribution in [0.25, 0.3) is 0 Å². The number of benzene rings is 1. The van der Waals surface area contributed by atoms with Crippen LogP contribution in [0.2, 0.25) is 5.02 Å². The molecule has 2 N–H and O–H groups in total. The molecular formula is C11H8BrClN2O2S. The molecule has 0 unspecified atom stereocenters. The Hall–Kier alpha value is -1.11. The topological polar surface area (TPSA) is 62.2 Å². The lowest BCUT2D eigenvalue weighted by Gasteiger charge is -2.07. The van der Waals surface area contributed by atoms with E-state index in [1.807, 2.05) is 0 Å². The summed E-state index contributed by atoms with van der Waals surface area (Å²) in [5.74, 6) is -0.992. The van der Waals surface area contributed by atoms with Crippen LogP contribution in [-0.2, 0) is 0 Å². The van der Waals surface area contributed by atoms with Crippen LogP contribution in [0.4, 0.5) is 10.7 Å². The van der Waals surface area contributed by atoms with Crippen molar-refractivity contribution in [3.8, 4) is 0 Å². The molecule has 18 heavy (non-hydrogen) atoms. The van der Waals surface area contributed by atoms with Crippen molar-refractivity contribution >= 4 is 55.7 Å². The molecule has 0 aliphatic rings. The highest BCUT2D eigenvalue weighted by Gasteiger charge is 2.18. The molecule has 0 bridgehead atoms. The van der Waals surface area contributed by atoms with Gasteiger partial charge in [-0.05, 0) is 52.6 Å². The molecule has 2 rings (SSSR count).